The van der Waals surface area contributed by atoms with Crippen molar-refractivity contribution in [1.82, 2.24) is 0 Å². The van der Waals surface area contributed by atoms with Crippen molar-refractivity contribution in [3.8, 4) is 5.75 Å². The molecule has 0 aliphatic carbocycles. The van der Waals surface area contributed by atoms with E-state index in [0.29, 0.717) is 5.56 Å². The Hall–Kier alpha value is -2.76. The van der Waals surface area contributed by atoms with Crippen molar-refractivity contribution in [2.45, 2.75) is 20.5 Å². The molecule has 2 rings (SSSR count). The van der Waals surface area contributed by atoms with Crippen molar-refractivity contribution in [3.63, 3.8) is 0 Å². The molecule has 6 heteroatoms. The van der Waals surface area contributed by atoms with Crippen LogP contribution in [0, 0.1) is 13.8 Å². The van der Waals surface area contributed by atoms with Crippen molar-refractivity contribution in [1.29, 1.82) is 0 Å². The lowest BCUT2D eigenvalue weighted by molar-refractivity contribution is -0.0498. The quantitative estimate of drug-likeness (QED) is 0.593. The molecule has 0 amide bonds. The van der Waals surface area contributed by atoms with E-state index in [1.54, 1.807) is 19.1 Å². The SMILES string of the molecule is Cc1cccc(C(=O)OCC(=O)c2ccc(OC(F)F)cc2)c1C. The van der Waals surface area contributed by atoms with Crippen LogP contribution in [0.5, 0.6) is 5.75 Å². The van der Waals surface area contributed by atoms with Gasteiger partial charge in [0.15, 0.2) is 12.4 Å². The van der Waals surface area contributed by atoms with E-state index < -0.39 is 25.0 Å². The number of Topliss-reactive ketones (excluding diaryl/α,β-unsaturated/α-hetero) is 1. The average molecular weight is 334 g/mol. The van der Waals surface area contributed by atoms with Gasteiger partial charge in [0, 0.05) is 5.56 Å². The number of aryl methyl sites for hydroxylation is 1. The van der Waals surface area contributed by atoms with Gasteiger partial charge < -0.3 is 9.47 Å². The lowest BCUT2D eigenvalue weighted by atomic mass is 10.0. The Morgan fingerprint density at radius 2 is 1.71 bits per heavy atom. The molecule has 0 aliphatic rings. The predicted octanol–water partition coefficient (Wildman–Crippen LogP) is 3.94. The second-order valence-electron chi connectivity index (χ2n) is 5.15. The van der Waals surface area contributed by atoms with E-state index in [9.17, 15) is 18.4 Å². The van der Waals surface area contributed by atoms with E-state index in [-0.39, 0.29) is 11.3 Å². The third kappa shape index (κ3) is 4.38. The highest BCUT2D eigenvalue weighted by atomic mass is 19.3. The fraction of sp³-hybridized carbons (Fsp3) is 0.222. The van der Waals surface area contributed by atoms with Gasteiger partial charge in [0.25, 0.3) is 0 Å². The number of carbonyl (C=O) groups excluding carboxylic acids is 2. The summed E-state index contributed by atoms with van der Waals surface area (Å²) in [7, 11) is 0. The molecule has 0 atom stereocenters. The number of alkyl halides is 2. The number of benzene rings is 2. The topological polar surface area (TPSA) is 52.6 Å². The predicted molar refractivity (Wildman–Crippen MR) is 83.6 cm³/mol. The Morgan fingerprint density at radius 1 is 1.04 bits per heavy atom. The highest BCUT2D eigenvalue weighted by Gasteiger charge is 2.15. The van der Waals surface area contributed by atoms with Crippen LogP contribution in [0.2, 0.25) is 0 Å². The monoisotopic (exact) mass is 334 g/mol. The molecule has 0 spiro atoms. The molecule has 0 saturated carbocycles. The van der Waals surface area contributed by atoms with Gasteiger partial charge in [-0.05, 0) is 55.3 Å². The zero-order chi connectivity index (χ0) is 17.7. The minimum atomic E-state index is -2.93. The van der Waals surface area contributed by atoms with Gasteiger partial charge in [-0.15, -0.1) is 0 Å². The van der Waals surface area contributed by atoms with Crippen LogP contribution in [0.25, 0.3) is 0 Å². The summed E-state index contributed by atoms with van der Waals surface area (Å²) >= 11 is 0. The Labute approximate surface area is 138 Å². The lowest BCUT2D eigenvalue weighted by Crippen LogP contribution is -2.15. The Kier molecular flexibility index (Phi) is 5.63. The largest absolute Gasteiger partial charge is 0.454 e. The van der Waals surface area contributed by atoms with Crippen LogP contribution in [0.1, 0.15) is 31.8 Å². The number of ketones is 1. The summed E-state index contributed by atoms with van der Waals surface area (Å²) in [5.41, 5.74) is 2.39. The zero-order valence-electron chi connectivity index (χ0n) is 13.2. The van der Waals surface area contributed by atoms with Gasteiger partial charge in [0.1, 0.15) is 5.75 Å². The van der Waals surface area contributed by atoms with Crippen molar-refractivity contribution in [3.05, 3.63) is 64.7 Å². The van der Waals surface area contributed by atoms with Crippen molar-refractivity contribution >= 4 is 11.8 Å². The van der Waals surface area contributed by atoms with E-state index in [1.807, 2.05) is 13.0 Å². The number of rotatable bonds is 6. The molecule has 0 N–H and O–H groups in total. The second kappa shape index (κ2) is 7.68. The molecule has 0 aliphatic heterocycles. The highest BCUT2D eigenvalue weighted by Crippen LogP contribution is 2.16. The molecule has 0 saturated heterocycles. The minimum Gasteiger partial charge on any atom is -0.454 e. The zero-order valence-corrected chi connectivity index (χ0v) is 13.2. The van der Waals surface area contributed by atoms with Crippen LogP contribution in [-0.2, 0) is 4.74 Å². The molecule has 0 unspecified atom stereocenters. The maximum atomic E-state index is 12.1. The Balaban J connectivity index is 1.97. The van der Waals surface area contributed by atoms with Crippen LogP contribution < -0.4 is 4.74 Å². The molecular formula is C18H16F2O4. The van der Waals surface area contributed by atoms with Crippen LogP contribution in [-0.4, -0.2) is 25.0 Å². The average Bonchev–Trinajstić information content (AvgIpc) is 2.55. The third-order valence-electron chi connectivity index (χ3n) is 3.56. The van der Waals surface area contributed by atoms with Gasteiger partial charge in [0.05, 0.1) is 5.56 Å². The number of hydrogen-bond donors (Lipinski definition) is 0. The summed E-state index contributed by atoms with van der Waals surface area (Å²) < 4.78 is 33.4. The third-order valence-corrected chi connectivity index (χ3v) is 3.56. The highest BCUT2D eigenvalue weighted by molar-refractivity contribution is 5.99. The summed E-state index contributed by atoms with van der Waals surface area (Å²) in [6, 6.07) is 10.4. The summed E-state index contributed by atoms with van der Waals surface area (Å²) in [6.07, 6.45) is 0. The molecule has 0 fully saturated rings. The molecule has 0 heterocycles. The summed E-state index contributed by atoms with van der Waals surface area (Å²) in [5.74, 6) is -1.06. The Bertz CT molecular complexity index is 739. The molecule has 126 valence electrons. The van der Waals surface area contributed by atoms with Crippen LogP contribution in [0.4, 0.5) is 8.78 Å². The van der Waals surface area contributed by atoms with Gasteiger partial charge in [-0.2, -0.15) is 8.78 Å². The van der Waals surface area contributed by atoms with Crippen LogP contribution in [0.3, 0.4) is 0 Å². The maximum Gasteiger partial charge on any atom is 0.387 e. The minimum absolute atomic E-state index is 0.0473. The maximum absolute atomic E-state index is 12.1. The lowest BCUT2D eigenvalue weighted by Gasteiger charge is -2.09. The standard InChI is InChI=1S/C18H16F2O4/c1-11-4-3-5-15(12(11)2)17(22)23-10-16(21)13-6-8-14(9-7-13)24-18(19)20/h3-9,18H,10H2,1-2H3. The first kappa shape index (κ1) is 17.6. The molecule has 2 aromatic carbocycles. The molecule has 0 radical (unpaired) electrons. The van der Waals surface area contributed by atoms with Gasteiger partial charge in [-0.3, -0.25) is 4.79 Å². The van der Waals surface area contributed by atoms with Gasteiger partial charge in [-0.25, -0.2) is 4.79 Å². The summed E-state index contributed by atoms with van der Waals surface area (Å²) in [5, 5.41) is 0. The van der Waals surface area contributed by atoms with Crippen LogP contribution in [0.15, 0.2) is 42.5 Å². The molecule has 2 aromatic rings. The summed E-state index contributed by atoms with van der Waals surface area (Å²) in [4.78, 5) is 24.1. The normalized spacial score (nSPS) is 10.5. The van der Waals surface area contributed by atoms with Crippen molar-refractivity contribution in [2.75, 3.05) is 6.61 Å². The molecule has 0 aromatic heterocycles. The summed E-state index contributed by atoms with van der Waals surface area (Å²) in [6.45, 7) is 0.321. The number of ether oxygens (including phenoxy) is 2. The first-order valence-electron chi connectivity index (χ1n) is 7.20. The van der Waals surface area contributed by atoms with E-state index in [1.165, 1.54) is 24.3 Å². The number of esters is 1. The molecule has 0 bridgehead atoms. The smallest absolute Gasteiger partial charge is 0.387 e. The van der Waals surface area contributed by atoms with Crippen LogP contribution >= 0.6 is 0 Å². The molecule has 4 nitrogen and oxygen atoms in total. The number of carbonyl (C=O) groups is 2. The van der Waals surface area contributed by atoms with Crippen molar-refractivity contribution < 1.29 is 27.8 Å². The van der Waals surface area contributed by atoms with E-state index in [2.05, 4.69) is 4.74 Å². The van der Waals surface area contributed by atoms with Gasteiger partial charge in [0.2, 0.25) is 0 Å². The fourth-order valence-electron chi connectivity index (χ4n) is 2.09. The van der Waals surface area contributed by atoms with Gasteiger partial charge in [-0.1, -0.05) is 12.1 Å². The van der Waals surface area contributed by atoms with Crippen molar-refractivity contribution in [2.24, 2.45) is 0 Å². The van der Waals surface area contributed by atoms with E-state index in [4.69, 9.17) is 4.74 Å². The fourth-order valence-corrected chi connectivity index (χ4v) is 2.09. The second-order valence-corrected chi connectivity index (χ2v) is 5.15. The number of halogens is 2. The molecule has 24 heavy (non-hydrogen) atoms. The number of hydrogen-bond acceptors (Lipinski definition) is 4. The molecular weight excluding hydrogens is 318 g/mol. The van der Waals surface area contributed by atoms with E-state index >= 15 is 0 Å². The first-order valence-corrected chi connectivity index (χ1v) is 7.20. The van der Waals surface area contributed by atoms with Gasteiger partial charge >= 0.3 is 12.6 Å². The Morgan fingerprint density at radius 3 is 2.33 bits per heavy atom. The first-order chi connectivity index (χ1) is 11.4. The van der Waals surface area contributed by atoms with E-state index in [0.717, 1.165) is 11.1 Å².